The summed E-state index contributed by atoms with van der Waals surface area (Å²) in [6.45, 7) is 9.63. The highest BCUT2D eigenvalue weighted by Crippen LogP contribution is 2.37. The Morgan fingerprint density at radius 2 is 1.97 bits per heavy atom. The number of benzene rings is 2. The SMILES string of the molecule is CCC(C)(C)c1cc(-c2cccc(CC3SC(N4CCOCC4)=NC3=O)c2)cc2ncoc12. The first kappa shape index (κ1) is 22.2. The maximum absolute atomic E-state index is 12.6. The Balaban J connectivity index is 1.39. The first-order chi connectivity index (χ1) is 15.9. The zero-order valence-electron chi connectivity index (χ0n) is 19.3. The third-order valence-electron chi connectivity index (χ3n) is 6.74. The van der Waals surface area contributed by atoms with Gasteiger partial charge in [0, 0.05) is 18.7 Å². The predicted molar refractivity (Wildman–Crippen MR) is 133 cm³/mol. The Morgan fingerprint density at radius 1 is 1.15 bits per heavy atom. The molecular formula is C26H29N3O3S. The van der Waals surface area contributed by atoms with Gasteiger partial charge in [-0.3, -0.25) is 4.79 Å². The number of aromatic nitrogens is 1. The number of ether oxygens (including phenoxy) is 1. The lowest BCUT2D eigenvalue weighted by atomic mass is 9.80. The van der Waals surface area contributed by atoms with Crippen molar-refractivity contribution < 1.29 is 13.9 Å². The Hall–Kier alpha value is -2.64. The van der Waals surface area contributed by atoms with Crippen LogP contribution < -0.4 is 0 Å². The number of nitrogens with zero attached hydrogens (tertiary/aromatic N) is 3. The molecule has 5 rings (SSSR count). The van der Waals surface area contributed by atoms with Crippen LogP contribution in [0.3, 0.4) is 0 Å². The smallest absolute Gasteiger partial charge is 0.262 e. The molecule has 7 heteroatoms. The molecule has 33 heavy (non-hydrogen) atoms. The summed E-state index contributed by atoms with van der Waals surface area (Å²) >= 11 is 1.58. The standard InChI is InChI=1S/C26H29N3O3S/c1-4-26(2,3)20-14-19(15-21-23(20)32-16-27-21)18-7-5-6-17(12-18)13-22-24(30)28-25(33-22)29-8-10-31-11-9-29/h5-7,12,14-16,22H,4,8-11,13H2,1-3H3. The van der Waals surface area contributed by atoms with Gasteiger partial charge in [0.25, 0.3) is 5.91 Å². The monoisotopic (exact) mass is 463 g/mol. The summed E-state index contributed by atoms with van der Waals surface area (Å²) in [6, 6.07) is 12.8. The fraction of sp³-hybridized carbons (Fsp3) is 0.423. The molecule has 2 aromatic carbocycles. The Kier molecular flexibility index (Phi) is 6.01. The number of carbonyl (C=O) groups excluding carboxylic acids is 1. The van der Waals surface area contributed by atoms with Crippen LogP contribution in [0.25, 0.3) is 22.2 Å². The highest BCUT2D eigenvalue weighted by molar-refractivity contribution is 8.15. The number of aliphatic imine (C=N–C) groups is 1. The van der Waals surface area contributed by atoms with E-state index in [1.807, 2.05) is 0 Å². The number of thioether (sulfide) groups is 1. The second kappa shape index (κ2) is 8.95. The average Bonchev–Trinajstić information content (AvgIpc) is 3.45. The Bertz CT molecular complexity index is 1210. The number of rotatable bonds is 5. The highest BCUT2D eigenvalue weighted by atomic mass is 32.2. The van der Waals surface area contributed by atoms with Gasteiger partial charge in [-0.05, 0) is 47.1 Å². The molecule has 0 saturated carbocycles. The van der Waals surface area contributed by atoms with E-state index in [1.165, 1.54) is 12.0 Å². The molecule has 6 nitrogen and oxygen atoms in total. The lowest BCUT2D eigenvalue weighted by molar-refractivity contribution is -0.117. The molecule has 0 bridgehead atoms. The van der Waals surface area contributed by atoms with Crippen LogP contribution in [-0.2, 0) is 21.4 Å². The van der Waals surface area contributed by atoms with Crippen LogP contribution in [0.1, 0.15) is 38.3 Å². The molecule has 2 aliphatic heterocycles. The molecule has 1 amide bonds. The summed E-state index contributed by atoms with van der Waals surface area (Å²) < 4.78 is 11.2. The lowest BCUT2D eigenvalue weighted by Gasteiger charge is -2.27. The number of carbonyl (C=O) groups is 1. The average molecular weight is 464 g/mol. The van der Waals surface area contributed by atoms with Crippen molar-refractivity contribution in [3.63, 3.8) is 0 Å². The van der Waals surface area contributed by atoms with E-state index in [4.69, 9.17) is 9.15 Å². The normalized spacial score (nSPS) is 19.4. The number of oxazole rings is 1. The van der Waals surface area contributed by atoms with Crippen LogP contribution in [0.5, 0.6) is 0 Å². The Morgan fingerprint density at radius 3 is 2.76 bits per heavy atom. The van der Waals surface area contributed by atoms with E-state index in [9.17, 15) is 4.79 Å². The van der Waals surface area contributed by atoms with E-state index in [0.717, 1.165) is 52.5 Å². The van der Waals surface area contributed by atoms with E-state index in [2.05, 4.69) is 72.0 Å². The molecule has 1 saturated heterocycles. The molecule has 0 N–H and O–H groups in total. The van der Waals surface area contributed by atoms with Gasteiger partial charge < -0.3 is 14.1 Å². The minimum Gasteiger partial charge on any atom is -0.443 e. The molecule has 1 unspecified atom stereocenters. The van der Waals surface area contributed by atoms with E-state index < -0.39 is 0 Å². The van der Waals surface area contributed by atoms with E-state index in [-0.39, 0.29) is 16.6 Å². The van der Waals surface area contributed by atoms with Gasteiger partial charge in [-0.25, -0.2) is 4.98 Å². The number of hydrogen-bond acceptors (Lipinski definition) is 6. The molecule has 3 aromatic rings. The third-order valence-corrected chi connectivity index (χ3v) is 7.95. The molecule has 172 valence electrons. The molecule has 0 radical (unpaired) electrons. The van der Waals surface area contributed by atoms with Crippen molar-refractivity contribution in [1.29, 1.82) is 0 Å². The maximum Gasteiger partial charge on any atom is 0.262 e. The summed E-state index contributed by atoms with van der Waals surface area (Å²) in [6.07, 6.45) is 3.18. The zero-order valence-corrected chi connectivity index (χ0v) is 20.2. The number of morpholine rings is 1. The summed E-state index contributed by atoms with van der Waals surface area (Å²) in [7, 11) is 0. The molecule has 3 heterocycles. The van der Waals surface area contributed by atoms with Gasteiger partial charge in [0.1, 0.15) is 5.52 Å². The highest BCUT2D eigenvalue weighted by Gasteiger charge is 2.32. The molecular weight excluding hydrogens is 434 g/mol. The third kappa shape index (κ3) is 4.44. The van der Waals surface area contributed by atoms with Crippen LogP contribution in [0.4, 0.5) is 0 Å². The topological polar surface area (TPSA) is 67.9 Å². The van der Waals surface area contributed by atoms with E-state index in [0.29, 0.717) is 19.6 Å². The summed E-state index contributed by atoms with van der Waals surface area (Å²) in [5.74, 6) is -0.0390. The quantitative estimate of drug-likeness (QED) is 0.527. The minimum absolute atomic E-state index is 0.0223. The van der Waals surface area contributed by atoms with Crippen molar-refractivity contribution in [2.24, 2.45) is 4.99 Å². The molecule has 0 aliphatic carbocycles. The minimum atomic E-state index is -0.175. The molecule has 1 atom stereocenters. The number of hydrogen-bond donors (Lipinski definition) is 0. The first-order valence-electron chi connectivity index (χ1n) is 11.5. The second-order valence-electron chi connectivity index (χ2n) is 9.30. The summed E-state index contributed by atoms with van der Waals surface area (Å²) in [4.78, 5) is 23.5. The molecule has 1 fully saturated rings. The Labute approximate surface area is 198 Å². The zero-order chi connectivity index (χ0) is 23.0. The first-order valence-corrected chi connectivity index (χ1v) is 12.4. The van der Waals surface area contributed by atoms with Crippen molar-refractivity contribution in [1.82, 2.24) is 9.88 Å². The fourth-order valence-electron chi connectivity index (χ4n) is 4.32. The van der Waals surface area contributed by atoms with Gasteiger partial charge in [-0.1, -0.05) is 56.8 Å². The van der Waals surface area contributed by atoms with Crippen molar-refractivity contribution in [2.45, 2.75) is 44.3 Å². The van der Waals surface area contributed by atoms with Crippen LogP contribution in [-0.4, -0.2) is 52.5 Å². The maximum atomic E-state index is 12.6. The van der Waals surface area contributed by atoms with Gasteiger partial charge in [-0.2, -0.15) is 4.99 Å². The molecule has 0 spiro atoms. The van der Waals surface area contributed by atoms with Crippen molar-refractivity contribution in [2.75, 3.05) is 26.3 Å². The van der Waals surface area contributed by atoms with E-state index >= 15 is 0 Å². The van der Waals surface area contributed by atoms with Crippen molar-refractivity contribution in [3.8, 4) is 11.1 Å². The van der Waals surface area contributed by atoms with Crippen molar-refractivity contribution in [3.05, 3.63) is 53.9 Å². The van der Waals surface area contributed by atoms with Crippen LogP contribution in [0.2, 0.25) is 0 Å². The predicted octanol–water partition coefficient (Wildman–Crippen LogP) is 5.06. The van der Waals surface area contributed by atoms with E-state index in [1.54, 1.807) is 11.8 Å². The largest absolute Gasteiger partial charge is 0.443 e. The van der Waals surface area contributed by atoms with Crippen LogP contribution >= 0.6 is 11.8 Å². The van der Waals surface area contributed by atoms with Gasteiger partial charge in [0.05, 0.1) is 18.5 Å². The summed E-state index contributed by atoms with van der Waals surface area (Å²) in [5.41, 5.74) is 6.26. The van der Waals surface area contributed by atoms with Crippen LogP contribution in [0.15, 0.2) is 52.2 Å². The second-order valence-corrected chi connectivity index (χ2v) is 10.5. The van der Waals surface area contributed by atoms with Gasteiger partial charge in [0.2, 0.25) is 0 Å². The molecule has 1 aromatic heterocycles. The van der Waals surface area contributed by atoms with Crippen molar-refractivity contribution >= 4 is 33.9 Å². The van der Waals surface area contributed by atoms with Gasteiger partial charge in [-0.15, -0.1) is 0 Å². The number of amidine groups is 1. The van der Waals surface area contributed by atoms with Crippen LogP contribution in [0, 0.1) is 0 Å². The van der Waals surface area contributed by atoms with Gasteiger partial charge >= 0.3 is 0 Å². The fourth-order valence-corrected chi connectivity index (χ4v) is 5.48. The molecule has 2 aliphatic rings. The number of amides is 1. The van der Waals surface area contributed by atoms with Gasteiger partial charge in [0.15, 0.2) is 17.1 Å². The number of fused-ring (bicyclic) bond motifs is 1. The summed E-state index contributed by atoms with van der Waals surface area (Å²) in [5, 5.41) is 0.665. The lowest BCUT2D eigenvalue weighted by Crippen LogP contribution is -2.39.